The molecule has 6 heteroatoms. The van der Waals surface area contributed by atoms with Gasteiger partial charge in [0.25, 0.3) is 0 Å². The van der Waals surface area contributed by atoms with Crippen LogP contribution in [-0.2, 0) is 0 Å². The summed E-state index contributed by atoms with van der Waals surface area (Å²) in [6.07, 6.45) is 0. The van der Waals surface area contributed by atoms with Crippen molar-refractivity contribution in [3.8, 4) is 5.75 Å². The number of nitrogens with zero attached hydrogens (tertiary/aromatic N) is 1. The van der Waals surface area contributed by atoms with E-state index >= 15 is 0 Å². The first-order valence-corrected chi connectivity index (χ1v) is 5.00. The maximum atomic E-state index is 10.7. The number of thiophene rings is 1. The molecule has 1 heterocycles. The fourth-order valence-corrected chi connectivity index (χ4v) is 2.61. The summed E-state index contributed by atoms with van der Waals surface area (Å²) >= 11 is 5.36. The van der Waals surface area contributed by atoms with Crippen LogP contribution in [0.5, 0.6) is 5.75 Å². The standard InChI is InChI=1S/C8H5NO3S2/c10-5-2-1-4-6(13)3-14-8(4)7(5)9(11)12/h1-3,10,13H. The predicted octanol–water partition coefficient (Wildman–Crippen LogP) is 2.80. The van der Waals surface area contributed by atoms with E-state index in [0.29, 0.717) is 15.0 Å². The molecule has 0 atom stereocenters. The van der Waals surface area contributed by atoms with Crippen molar-refractivity contribution in [1.82, 2.24) is 0 Å². The van der Waals surface area contributed by atoms with Crippen LogP contribution in [0.25, 0.3) is 10.1 Å². The summed E-state index contributed by atoms with van der Waals surface area (Å²) in [5.74, 6) is -0.308. The highest BCUT2D eigenvalue weighted by Crippen LogP contribution is 2.40. The molecule has 0 unspecified atom stereocenters. The second-order valence-electron chi connectivity index (χ2n) is 2.69. The van der Waals surface area contributed by atoms with Gasteiger partial charge >= 0.3 is 5.69 Å². The van der Waals surface area contributed by atoms with Gasteiger partial charge < -0.3 is 5.11 Å². The lowest BCUT2D eigenvalue weighted by Gasteiger charge is -1.96. The number of phenols is 1. The highest BCUT2D eigenvalue weighted by molar-refractivity contribution is 7.80. The number of fused-ring (bicyclic) bond motifs is 1. The summed E-state index contributed by atoms with van der Waals surface area (Å²) < 4.78 is 0.458. The zero-order valence-corrected chi connectivity index (χ0v) is 8.51. The van der Waals surface area contributed by atoms with Crippen molar-refractivity contribution in [3.05, 3.63) is 27.6 Å². The summed E-state index contributed by atoms with van der Waals surface area (Å²) in [5, 5.41) is 22.4. The summed E-state index contributed by atoms with van der Waals surface area (Å²) in [6.45, 7) is 0. The van der Waals surface area contributed by atoms with Crippen LogP contribution in [0.3, 0.4) is 0 Å². The maximum absolute atomic E-state index is 10.7. The first kappa shape index (κ1) is 9.29. The molecule has 14 heavy (non-hydrogen) atoms. The molecule has 0 amide bonds. The van der Waals surface area contributed by atoms with Gasteiger partial charge in [0.15, 0.2) is 5.75 Å². The van der Waals surface area contributed by atoms with Crippen LogP contribution in [0.4, 0.5) is 5.69 Å². The van der Waals surface area contributed by atoms with Crippen LogP contribution in [0.1, 0.15) is 0 Å². The molecule has 72 valence electrons. The van der Waals surface area contributed by atoms with Crippen LogP contribution in [-0.4, -0.2) is 10.0 Å². The molecule has 0 aliphatic rings. The van der Waals surface area contributed by atoms with E-state index in [0.717, 1.165) is 0 Å². The first-order valence-electron chi connectivity index (χ1n) is 3.68. The third-order valence-corrected chi connectivity index (χ3v) is 3.40. The van der Waals surface area contributed by atoms with Crippen molar-refractivity contribution in [2.75, 3.05) is 0 Å². The third kappa shape index (κ3) is 1.23. The van der Waals surface area contributed by atoms with Gasteiger partial charge in [-0.05, 0) is 12.1 Å². The lowest BCUT2D eigenvalue weighted by atomic mass is 10.2. The number of thiol groups is 1. The molecule has 0 radical (unpaired) electrons. The van der Waals surface area contributed by atoms with Gasteiger partial charge in [-0.2, -0.15) is 0 Å². The molecule has 2 rings (SSSR count). The van der Waals surface area contributed by atoms with E-state index in [1.807, 2.05) is 0 Å². The summed E-state index contributed by atoms with van der Waals surface area (Å²) in [4.78, 5) is 10.8. The monoisotopic (exact) mass is 227 g/mol. The van der Waals surface area contributed by atoms with Crippen LogP contribution in [0, 0.1) is 10.1 Å². The number of benzene rings is 1. The van der Waals surface area contributed by atoms with Crippen LogP contribution in [0.15, 0.2) is 22.4 Å². The number of phenolic OH excluding ortho intramolecular Hbond substituents is 1. The van der Waals surface area contributed by atoms with Gasteiger partial charge in [-0.1, -0.05) is 0 Å². The molecule has 0 fully saturated rings. The number of rotatable bonds is 1. The first-order chi connectivity index (χ1) is 6.61. The molecular formula is C8H5NO3S2. The smallest absolute Gasteiger partial charge is 0.328 e. The van der Waals surface area contributed by atoms with Gasteiger partial charge in [-0.15, -0.1) is 24.0 Å². The Morgan fingerprint density at radius 3 is 2.86 bits per heavy atom. The molecule has 4 nitrogen and oxygen atoms in total. The van der Waals surface area contributed by atoms with Gasteiger partial charge in [0.2, 0.25) is 0 Å². The lowest BCUT2D eigenvalue weighted by Crippen LogP contribution is -1.88. The van der Waals surface area contributed by atoms with Gasteiger partial charge in [0.1, 0.15) is 4.70 Å². The van der Waals surface area contributed by atoms with Crippen molar-refractivity contribution in [1.29, 1.82) is 0 Å². The van der Waals surface area contributed by atoms with Gasteiger partial charge in [-0.25, -0.2) is 0 Å². The van der Waals surface area contributed by atoms with Crippen molar-refractivity contribution < 1.29 is 10.0 Å². The molecule has 0 bridgehead atoms. The quantitative estimate of drug-likeness (QED) is 0.447. The fourth-order valence-electron chi connectivity index (χ4n) is 1.24. The second kappa shape index (κ2) is 3.14. The Labute approximate surface area is 88.4 Å². The van der Waals surface area contributed by atoms with Crippen molar-refractivity contribution in [3.63, 3.8) is 0 Å². The SMILES string of the molecule is O=[N+]([O-])c1c(O)ccc2c(S)csc12. The van der Waals surface area contributed by atoms with E-state index in [-0.39, 0.29) is 11.4 Å². The molecule has 0 aliphatic carbocycles. The summed E-state index contributed by atoms with van der Waals surface area (Å²) in [5.41, 5.74) is -0.243. The number of aromatic hydroxyl groups is 1. The minimum atomic E-state index is -0.582. The van der Waals surface area contributed by atoms with E-state index in [1.165, 1.54) is 17.4 Å². The van der Waals surface area contributed by atoms with Crippen LogP contribution in [0.2, 0.25) is 0 Å². The Morgan fingerprint density at radius 2 is 2.21 bits per heavy atom. The normalized spacial score (nSPS) is 10.6. The minimum Gasteiger partial charge on any atom is -0.502 e. The van der Waals surface area contributed by atoms with Crippen molar-refractivity contribution in [2.45, 2.75) is 4.90 Å². The zero-order chi connectivity index (χ0) is 10.3. The lowest BCUT2D eigenvalue weighted by molar-refractivity contribution is -0.383. The summed E-state index contributed by atoms with van der Waals surface area (Å²) in [7, 11) is 0. The summed E-state index contributed by atoms with van der Waals surface area (Å²) in [6, 6.07) is 2.93. The Hall–Kier alpha value is -1.27. The number of hydrogen-bond donors (Lipinski definition) is 2. The zero-order valence-electron chi connectivity index (χ0n) is 6.80. The Bertz CT molecular complexity index is 521. The highest BCUT2D eigenvalue weighted by Gasteiger charge is 2.20. The highest BCUT2D eigenvalue weighted by atomic mass is 32.1. The number of nitro groups is 1. The molecule has 0 saturated carbocycles. The van der Waals surface area contributed by atoms with Gasteiger partial charge in [0.05, 0.1) is 4.92 Å². The van der Waals surface area contributed by atoms with E-state index in [1.54, 1.807) is 11.4 Å². The van der Waals surface area contributed by atoms with E-state index in [4.69, 9.17) is 0 Å². The van der Waals surface area contributed by atoms with Crippen LogP contribution >= 0.6 is 24.0 Å². The van der Waals surface area contributed by atoms with Gasteiger partial charge in [0, 0.05) is 15.7 Å². The average molecular weight is 227 g/mol. The molecular weight excluding hydrogens is 222 g/mol. The Morgan fingerprint density at radius 1 is 1.50 bits per heavy atom. The maximum Gasteiger partial charge on any atom is 0.328 e. The fraction of sp³-hybridized carbons (Fsp3) is 0. The van der Waals surface area contributed by atoms with E-state index in [9.17, 15) is 15.2 Å². The second-order valence-corrected chi connectivity index (χ2v) is 4.05. The molecule has 0 saturated heterocycles. The average Bonchev–Trinajstić information content (AvgIpc) is 2.47. The number of hydrogen-bond acceptors (Lipinski definition) is 5. The molecule has 1 N–H and O–H groups in total. The predicted molar refractivity (Wildman–Crippen MR) is 57.4 cm³/mol. The van der Waals surface area contributed by atoms with Crippen LogP contribution < -0.4 is 0 Å². The van der Waals surface area contributed by atoms with E-state index in [2.05, 4.69) is 12.6 Å². The molecule has 2 aromatic rings. The molecule has 0 spiro atoms. The van der Waals surface area contributed by atoms with Crippen molar-refractivity contribution in [2.24, 2.45) is 0 Å². The molecule has 1 aromatic carbocycles. The Kier molecular flexibility index (Phi) is 2.09. The van der Waals surface area contributed by atoms with Gasteiger partial charge in [-0.3, -0.25) is 10.1 Å². The third-order valence-electron chi connectivity index (χ3n) is 1.86. The van der Waals surface area contributed by atoms with E-state index < -0.39 is 4.92 Å². The Balaban J connectivity index is 2.90. The molecule has 1 aromatic heterocycles. The molecule has 0 aliphatic heterocycles. The largest absolute Gasteiger partial charge is 0.502 e. The minimum absolute atomic E-state index is 0.243. The number of nitro benzene ring substituents is 1. The van der Waals surface area contributed by atoms with Crippen molar-refractivity contribution >= 4 is 39.7 Å². The topological polar surface area (TPSA) is 63.4 Å².